The van der Waals surface area contributed by atoms with Gasteiger partial charge in [0.25, 0.3) is 0 Å². The highest BCUT2D eigenvalue weighted by molar-refractivity contribution is 4.86. The van der Waals surface area contributed by atoms with Crippen molar-refractivity contribution in [1.29, 1.82) is 0 Å². The van der Waals surface area contributed by atoms with Gasteiger partial charge < -0.3 is 14.2 Å². The Hall–Kier alpha value is -0.120. The van der Waals surface area contributed by atoms with E-state index in [-0.39, 0.29) is 0 Å². The second-order valence-corrected chi connectivity index (χ2v) is 7.36. The Balaban J connectivity index is 1.62. The van der Waals surface area contributed by atoms with Crippen LogP contribution in [0.2, 0.25) is 0 Å². The van der Waals surface area contributed by atoms with Gasteiger partial charge in [0.15, 0.2) is 0 Å². The van der Waals surface area contributed by atoms with Crippen LogP contribution in [-0.2, 0) is 14.2 Å². The van der Waals surface area contributed by atoms with Crippen LogP contribution < -0.4 is 0 Å². The Morgan fingerprint density at radius 2 is 1.09 bits per heavy atom. The lowest BCUT2D eigenvalue weighted by Gasteiger charge is -2.23. The molecule has 0 saturated carbocycles. The van der Waals surface area contributed by atoms with Crippen molar-refractivity contribution in [3.8, 4) is 0 Å². The predicted molar refractivity (Wildman–Crippen MR) is 94.9 cm³/mol. The highest BCUT2D eigenvalue weighted by Gasteiger charge is 2.39. The fraction of sp³-hybridized carbons (Fsp3) is 1.00. The van der Waals surface area contributed by atoms with E-state index in [0.717, 1.165) is 26.1 Å². The molecule has 136 valence electrons. The molecule has 0 aromatic carbocycles. The molecule has 0 bridgehead atoms. The lowest BCUT2D eigenvalue weighted by molar-refractivity contribution is -0.0468. The van der Waals surface area contributed by atoms with Crippen LogP contribution in [0, 0.1) is 0 Å². The van der Waals surface area contributed by atoms with Gasteiger partial charge in [0.05, 0.1) is 25.4 Å². The number of hydrogen-bond donors (Lipinski definition) is 0. The number of unbranched alkanes of at least 4 members (excludes halogenated alkanes) is 8. The molecule has 3 nitrogen and oxygen atoms in total. The van der Waals surface area contributed by atoms with Gasteiger partial charge in [-0.25, -0.2) is 0 Å². The Morgan fingerprint density at radius 3 is 1.52 bits per heavy atom. The first-order chi connectivity index (χ1) is 11.3. The smallest absolute Gasteiger partial charge is 0.107 e. The van der Waals surface area contributed by atoms with Crippen molar-refractivity contribution < 1.29 is 14.2 Å². The fourth-order valence-corrected chi connectivity index (χ4v) is 3.35. The summed E-state index contributed by atoms with van der Waals surface area (Å²) in [5.41, 5.74) is 0. The lowest BCUT2D eigenvalue weighted by atomic mass is 10.0. The Labute approximate surface area is 143 Å². The summed E-state index contributed by atoms with van der Waals surface area (Å²) in [6.45, 7) is 6.33. The SMILES string of the molecule is CCCCCCCCC(OC(CCCCCC)C1CO1)C1CO1. The van der Waals surface area contributed by atoms with Crippen molar-refractivity contribution in [3.63, 3.8) is 0 Å². The van der Waals surface area contributed by atoms with Crippen molar-refractivity contribution in [1.82, 2.24) is 0 Å². The van der Waals surface area contributed by atoms with Gasteiger partial charge in [-0.2, -0.15) is 0 Å². The van der Waals surface area contributed by atoms with Crippen LogP contribution >= 0.6 is 0 Å². The maximum Gasteiger partial charge on any atom is 0.107 e. The molecule has 0 aromatic heterocycles. The summed E-state index contributed by atoms with van der Waals surface area (Å²) in [4.78, 5) is 0. The molecule has 0 spiro atoms. The van der Waals surface area contributed by atoms with Crippen molar-refractivity contribution in [2.75, 3.05) is 13.2 Å². The highest BCUT2D eigenvalue weighted by atomic mass is 16.6. The normalized spacial score (nSPS) is 25.3. The van der Waals surface area contributed by atoms with Gasteiger partial charge in [-0.15, -0.1) is 0 Å². The van der Waals surface area contributed by atoms with E-state index >= 15 is 0 Å². The largest absolute Gasteiger partial charge is 0.370 e. The topological polar surface area (TPSA) is 34.3 Å². The van der Waals surface area contributed by atoms with Crippen molar-refractivity contribution in [3.05, 3.63) is 0 Å². The molecule has 4 atom stereocenters. The quantitative estimate of drug-likeness (QED) is 0.287. The second kappa shape index (κ2) is 11.4. The van der Waals surface area contributed by atoms with Crippen molar-refractivity contribution in [2.45, 2.75) is 115 Å². The first-order valence-electron chi connectivity index (χ1n) is 10.2. The van der Waals surface area contributed by atoms with E-state index in [1.807, 2.05) is 0 Å². The van der Waals surface area contributed by atoms with Gasteiger partial charge in [-0.1, -0.05) is 78.1 Å². The molecular weight excluding hydrogens is 288 g/mol. The molecule has 2 aliphatic heterocycles. The molecule has 0 aliphatic carbocycles. The zero-order chi connectivity index (χ0) is 16.3. The zero-order valence-electron chi connectivity index (χ0n) is 15.4. The third-order valence-electron chi connectivity index (χ3n) is 5.08. The van der Waals surface area contributed by atoms with Gasteiger partial charge in [-0.3, -0.25) is 0 Å². The molecule has 0 N–H and O–H groups in total. The monoisotopic (exact) mass is 326 g/mol. The third-order valence-corrected chi connectivity index (χ3v) is 5.08. The molecular formula is C20H38O3. The van der Waals surface area contributed by atoms with Gasteiger partial charge in [0.2, 0.25) is 0 Å². The van der Waals surface area contributed by atoms with E-state index in [9.17, 15) is 0 Å². The lowest BCUT2D eigenvalue weighted by Crippen LogP contribution is -2.30. The number of hydrogen-bond acceptors (Lipinski definition) is 3. The molecule has 0 aromatic rings. The average Bonchev–Trinajstić information content (AvgIpc) is 3.43. The molecule has 4 unspecified atom stereocenters. The molecule has 3 heteroatoms. The minimum absolute atomic E-state index is 0.307. The van der Waals surface area contributed by atoms with E-state index in [1.165, 1.54) is 64.2 Å². The molecule has 0 amide bonds. The van der Waals surface area contributed by atoms with E-state index in [4.69, 9.17) is 14.2 Å². The molecule has 23 heavy (non-hydrogen) atoms. The van der Waals surface area contributed by atoms with Gasteiger partial charge in [0, 0.05) is 0 Å². The minimum Gasteiger partial charge on any atom is -0.370 e. The third kappa shape index (κ3) is 8.51. The van der Waals surface area contributed by atoms with Crippen LogP contribution in [-0.4, -0.2) is 37.6 Å². The van der Waals surface area contributed by atoms with Crippen molar-refractivity contribution >= 4 is 0 Å². The van der Waals surface area contributed by atoms with Crippen LogP contribution in [0.25, 0.3) is 0 Å². The maximum absolute atomic E-state index is 6.46. The standard InChI is InChI=1S/C20H38O3/c1-3-5-7-9-10-12-14-18(20-16-22-20)23-17(19-15-21-19)13-11-8-6-4-2/h17-20H,3-16H2,1-2H3. The number of ether oxygens (including phenoxy) is 3. The van der Waals surface area contributed by atoms with E-state index in [0.29, 0.717) is 24.4 Å². The fourth-order valence-electron chi connectivity index (χ4n) is 3.35. The summed E-state index contributed by atoms with van der Waals surface area (Å²) in [7, 11) is 0. The van der Waals surface area contributed by atoms with Gasteiger partial charge >= 0.3 is 0 Å². The average molecular weight is 327 g/mol. The second-order valence-electron chi connectivity index (χ2n) is 7.36. The predicted octanol–water partition coefficient (Wildman–Crippen LogP) is 5.26. The zero-order valence-corrected chi connectivity index (χ0v) is 15.4. The minimum atomic E-state index is 0.307. The first-order valence-corrected chi connectivity index (χ1v) is 10.2. The Kier molecular flexibility index (Phi) is 9.55. The number of rotatable bonds is 16. The van der Waals surface area contributed by atoms with Crippen LogP contribution in [0.5, 0.6) is 0 Å². The van der Waals surface area contributed by atoms with Crippen LogP contribution in [0.1, 0.15) is 90.9 Å². The van der Waals surface area contributed by atoms with Gasteiger partial charge in [-0.05, 0) is 12.8 Å². The molecule has 2 heterocycles. The first kappa shape index (κ1) is 19.2. The highest BCUT2D eigenvalue weighted by Crippen LogP contribution is 2.29. The van der Waals surface area contributed by atoms with Crippen LogP contribution in [0.4, 0.5) is 0 Å². The maximum atomic E-state index is 6.46. The summed E-state index contributed by atoms with van der Waals surface area (Å²) in [6, 6.07) is 0. The molecule has 2 fully saturated rings. The van der Waals surface area contributed by atoms with Gasteiger partial charge in [0.1, 0.15) is 12.2 Å². The summed E-state index contributed by atoms with van der Waals surface area (Å²) >= 11 is 0. The molecule has 2 rings (SSSR count). The van der Waals surface area contributed by atoms with E-state index < -0.39 is 0 Å². The molecule has 2 aliphatic rings. The van der Waals surface area contributed by atoms with Crippen LogP contribution in [0.3, 0.4) is 0 Å². The van der Waals surface area contributed by atoms with Crippen molar-refractivity contribution in [2.24, 2.45) is 0 Å². The van der Waals surface area contributed by atoms with E-state index in [2.05, 4.69) is 13.8 Å². The molecule has 0 radical (unpaired) electrons. The summed E-state index contributed by atoms with van der Waals surface area (Å²) in [5.74, 6) is 0. The Morgan fingerprint density at radius 1 is 0.696 bits per heavy atom. The molecule has 2 saturated heterocycles. The van der Waals surface area contributed by atoms with Crippen LogP contribution in [0.15, 0.2) is 0 Å². The number of epoxide rings is 2. The van der Waals surface area contributed by atoms with E-state index in [1.54, 1.807) is 0 Å². The summed E-state index contributed by atoms with van der Waals surface area (Å²) in [6.07, 6.45) is 17.0. The Bertz CT molecular complexity index is 287. The summed E-state index contributed by atoms with van der Waals surface area (Å²) < 4.78 is 17.5. The summed E-state index contributed by atoms with van der Waals surface area (Å²) in [5, 5.41) is 0.